The summed E-state index contributed by atoms with van der Waals surface area (Å²) in [6.45, 7) is 5.63. The number of cyclic esters (lactones) is 1. The van der Waals surface area contributed by atoms with Crippen molar-refractivity contribution in [3.05, 3.63) is 23.8 Å². The number of carbonyl (C=O) groups excluding carboxylic acids is 4. The van der Waals surface area contributed by atoms with Crippen molar-refractivity contribution in [2.24, 2.45) is 22.7 Å². The van der Waals surface area contributed by atoms with Crippen LogP contribution in [-0.2, 0) is 19.1 Å². The van der Waals surface area contributed by atoms with Crippen LogP contribution >= 0.6 is 0 Å². The van der Waals surface area contributed by atoms with Crippen molar-refractivity contribution in [1.82, 2.24) is 20.4 Å². The van der Waals surface area contributed by atoms with Gasteiger partial charge in [0, 0.05) is 38.0 Å². The lowest BCUT2D eigenvalue weighted by Crippen LogP contribution is -2.62. The number of alkyl carbamates (subject to hydrolysis) is 1. The number of nitrogens with one attached hydrogen (secondary N) is 2. The van der Waals surface area contributed by atoms with Crippen LogP contribution in [0.15, 0.2) is 23.8 Å². The molecule has 14 nitrogen and oxygen atoms in total. The predicted molar refractivity (Wildman–Crippen MR) is 172 cm³/mol. The summed E-state index contributed by atoms with van der Waals surface area (Å²) in [6.07, 6.45) is 7.15. The second kappa shape index (κ2) is 14.5. The molecule has 0 aromatic carbocycles. The molecular formula is C32H52BN4O10-. The molecule has 0 radical (unpaired) electrons. The average molecular weight is 664 g/mol. The summed E-state index contributed by atoms with van der Waals surface area (Å²) in [5.41, 5.74) is 0.142. The third-order valence-electron chi connectivity index (χ3n) is 9.73. The molecule has 3 aliphatic heterocycles. The number of ether oxygens (including phenoxy) is 2. The number of nitrogens with zero attached hydrogens (tertiary/aromatic N) is 2. The van der Waals surface area contributed by atoms with Gasteiger partial charge in [0.05, 0.1) is 13.2 Å². The van der Waals surface area contributed by atoms with Crippen molar-refractivity contribution in [2.75, 3.05) is 32.8 Å². The smallest absolute Gasteiger partial charge is 0.410 e. The summed E-state index contributed by atoms with van der Waals surface area (Å²) in [5.74, 6) is -2.76. The highest BCUT2D eigenvalue weighted by Gasteiger charge is 2.48. The lowest BCUT2D eigenvalue weighted by molar-refractivity contribution is -0.142. The Kier molecular flexibility index (Phi) is 11.4. The van der Waals surface area contributed by atoms with Crippen LogP contribution < -0.4 is 10.6 Å². The van der Waals surface area contributed by atoms with E-state index in [9.17, 15) is 39.4 Å². The van der Waals surface area contributed by atoms with Gasteiger partial charge in [-0.2, -0.15) is 0 Å². The van der Waals surface area contributed by atoms with Crippen LogP contribution in [0.1, 0.15) is 73.1 Å². The highest BCUT2D eigenvalue weighted by molar-refractivity contribution is 6.58. The Bertz CT molecular complexity index is 1240. The van der Waals surface area contributed by atoms with E-state index in [1.807, 2.05) is 19.9 Å². The van der Waals surface area contributed by atoms with E-state index in [1.165, 1.54) is 10.5 Å². The van der Waals surface area contributed by atoms with Crippen LogP contribution in [0.25, 0.3) is 0 Å². The van der Waals surface area contributed by atoms with Crippen molar-refractivity contribution < 1.29 is 48.8 Å². The van der Waals surface area contributed by atoms with E-state index in [0.717, 1.165) is 25.7 Å². The van der Waals surface area contributed by atoms with Gasteiger partial charge in [-0.3, -0.25) is 9.59 Å². The summed E-state index contributed by atoms with van der Waals surface area (Å²) in [7, 11) is 0. The Morgan fingerprint density at radius 2 is 1.87 bits per heavy atom. The van der Waals surface area contributed by atoms with Gasteiger partial charge in [0.25, 0.3) is 0 Å². The number of aliphatic hydroxyl groups is 1. The molecule has 47 heavy (non-hydrogen) atoms. The first-order valence-corrected chi connectivity index (χ1v) is 16.7. The maximum atomic E-state index is 14.2. The topological polar surface area (TPSA) is 198 Å². The lowest BCUT2D eigenvalue weighted by atomic mass is 9.68. The Balaban J connectivity index is 1.63. The molecule has 0 spiro atoms. The standard InChI is InChI=1S/C32H52BN4O10/c1-31(2,3)26-28(40)37-17-22(15-24(37)27(39)34-25(12-14-38)33(43,44)45)47-30(42)36-16-21-11-8-10-20(23(21)18-36)9-6-7-13-32(4,5)19-46-29(41)35-26/h8,10-11,21-26,38,43-45H,6-7,9,12-19H2,1-5H3,(H,34,39)(H,35,41)/q-1. The molecule has 6 unspecified atom stereocenters. The molecule has 1 aliphatic carbocycles. The Hall–Kier alpha value is -3.14. The molecule has 0 aromatic rings. The monoisotopic (exact) mass is 663 g/mol. The van der Waals surface area contributed by atoms with Crippen molar-refractivity contribution >= 4 is 30.8 Å². The van der Waals surface area contributed by atoms with Crippen molar-refractivity contribution in [1.29, 1.82) is 0 Å². The van der Waals surface area contributed by atoms with Gasteiger partial charge in [0.15, 0.2) is 0 Å². The molecule has 6 atom stereocenters. The number of hydrogen-bond acceptors (Lipinski definition) is 10. The first-order chi connectivity index (χ1) is 21.9. The summed E-state index contributed by atoms with van der Waals surface area (Å²) >= 11 is 0. The van der Waals surface area contributed by atoms with E-state index in [4.69, 9.17) is 9.47 Å². The molecule has 15 heteroatoms. The molecule has 264 valence electrons. The van der Waals surface area contributed by atoms with Crippen LogP contribution in [0.3, 0.4) is 0 Å². The van der Waals surface area contributed by atoms with Crippen LogP contribution in [0.5, 0.6) is 0 Å². The maximum absolute atomic E-state index is 14.2. The molecule has 4 amide bonds. The average Bonchev–Trinajstić information content (AvgIpc) is 3.60. The van der Waals surface area contributed by atoms with Gasteiger partial charge < -0.3 is 50.1 Å². The van der Waals surface area contributed by atoms with Crippen LogP contribution in [-0.4, -0.2) is 118 Å². The fourth-order valence-corrected chi connectivity index (χ4v) is 6.94. The number of hydrogen-bond donors (Lipinski definition) is 6. The highest BCUT2D eigenvalue weighted by Crippen LogP contribution is 2.37. The molecule has 4 bridgehead atoms. The molecule has 3 fully saturated rings. The van der Waals surface area contributed by atoms with Crippen LogP contribution in [0, 0.1) is 22.7 Å². The zero-order valence-electron chi connectivity index (χ0n) is 28.2. The van der Waals surface area contributed by atoms with E-state index in [-0.39, 0.29) is 43.2 Å². The van der Waals surface area contributed by atoms with Crippen molar-refractivity contribution in [3.63, 3.8) is 0 Å². The fraction of sp³-hybridized carbons (Fsp3) is 0.750. The van der Waals surface area contributed by atoms with E-state index in [1.54, 1.807) is 25.7 Å². The minimum atomic E-state index is -4.06. The van der Waals surface area contributed by atoms with Crippen molar-refractivity contribution in [2.45, 2.75) is 97.3 Å². The first kappa shape index (κ1) is 36.7. The van der Waals surface area contributed by atoms with Crippen molar-refractivity contribution in [3.8, 4) is 0 Å². The second-order valence-corrected chi connectivity index (χ2v) is 15.4. The zero-order chi connectivity index (χ0) is 34.7. The summed E-state index contributed by atoms with van der Waals surface area (Å²) < 4.78 is 11.5. The minimum absolute atomic E-state index is 0.112. The summed E-state index contributed by atoms with van der Waals surface area (Å²) in [4.78, 5) is 57.2. The number of rotatable bonds is 5. The second-order valence-electron chi connectivity index (χ2n) is 15.4. The largest absolute Gasteiger partial charge is 0.558 e. The molecule has 4 rings (SSSR count). The predicted octanol–water partition coefficient (Wildman–Crippen LogP) is 1.20. The van der Waals surface area contributed by atoms with E-state index in [0.29, 0.717) is 13.1 Å². The number of carbonyl (C=O) groups is 4. The molecule has 0 saturated carbocycles. The molecule has 3 heterocycles. The number of aliphatic hydroxyl groups excluding tert-OH is 1. The maximum Gasteiger partial charge on any atom is 0.410 e. The number of allylic oxidation sites excluding steroid dienone is 2. The van der Waals surface area contributed by atoms with Gasteiger partial charge in [0.2, 0.25) is 11.8 Å². The van der Waals surface area contributed by atoms with Gasteiger partial charge >= 0.3 is 18.9 Å². The molecule has 0 aromatic heterocycles. The van der Waals surface area contributed by atoms with Gasteiger partial charge in [0.1, 0.15) is 18.2 Å². The highest BCUT2D eigenvalue weighted by atomic mass is 16.6. The number of fused-ring (bicyclic) bond motifs is 3. The van der Waals surface area contributed by atoms with Gasteiger partial charge in [-0.1, -0.05) is 64.8 Å². The van der Waals surface area contributed by atoms with E-state index >= 15 is 0 Å². The molecule has 6 N–H and O–H groups in total. The SMILES string of the molecule is CC1(C)CCCCC2=CC=CC3CN(CC23)C(=O)OC2CC(C(=O)NC(CCO)[B-](O)(O)O)N(C2)C(=O)C(C(C)(C)C)NC(=O)OC1. The Morgan fingerprint density at radius 3 is 2.53 bits per heavy atom. The fourth-order valence-electron chi connectivity index (χ4n) is 6.94. The van der Waals surface area contributed by atoms with Gasteiger partial charge in [-0.05, 0) is 42.5 Å². The normalized spacial score (nSPS) is 29.8. The Labute approximate surface area is 276 Å². The third kappa shape index (κ3) is 9.27. The van der Waals surface area contributed by atoms with E-state index in [2.05, 4.69) is 22.8 Å². The summed E-state index contributed by atoms with van der Waals surface area (Å²) in [6, 6.07) is -2.40. The number of amides is 4. The zero-order valence-corrected chi connectivity index (χ0v) is 28.2. The van der Waals surface area contributed by atoms with Gasteiger partial charge in [-0.15, -0.1) is 0 Å². The third-order valence-corrected chi connectivity index (χ3v) is 9.73. The first-order valence-electron chi connectivity index (χ1n) is 16.7. The minimum Gasteiger partial charge on any atom is -0.558 e. The quantitative estimate of drug-likeness (QED) is 0.233. The molecule has 4 aliphatic rings. The van der Waals surface area contributed by atoms with Crippen LogP contribution in [0.2, 0.25) is 0 Å². The molecular weight excluding hydrogens is 611 g/mol. The molecule has 3 saturated heterocycles. The van der Waals surface area contributed by atoms with Crippen LogP contribution in [0.4, 0.5) is 9.59 Å². The lowest BCUT2D eigenvalue weighted by Gasteiger charge is -2.37. The van der Waals surface area contributed by atoms with Gasteiger partial charge in [-0.25, -0.2) is 9.59 Å². The van der Waals surface area contributed by atoms with E-state index < -0.39 is 66.9 Å². The summed E-state index contributed by atoms with van der Waals surface area (Å²) in [5, 5.41) is 43.9. The Morgan fingerprint density at radius 1 is 1.15 bits per heavy atom.